The summed E-state index contributed by atoms with van der Waals surface area (Å²) in [7, 11) is 0. The summed E-state index contributed by atoms with van der Waals surface area (Å²) in [6.07, 6.45) is 15.7. The molecule has 0 aromatic heterocycles. The Morgan fingerprint density at radius 3 is 0.962 bits per heavy atom. The van der Waals surface area contributed by atoms with Crippen LogP contribution in [-0.2, 0) is 18.9 Å². The van der Waals surface area contributed by atoms with Crippen molar-refractivity contribution in [3.63, 3.8) is 0 Å². The third kappa shape index (κ3) is 23.8. The van der Waals surface area contributed by atoms with E-state index >= 15 is 0 Å². The standard InChI is InChI=1S/C22H46O4/c1-3-5-7-9-10-11-12-14-16-24-18-20-26-22-21-25-19-17-23-15-13-8-6-4-2/h3-22H2,1-2H3. The summed E-state index contributed by atoms with van der Waals surface area (Å²) < 4.78 is 22.1. The van der Waals surface area contributed by atoms with Crippen molar-refractivity contribution in [2.75, 3.05) is 52.9 Å². The lowest BCUT2D eigenvalue weighted by atomic mass is 10.1. The predicted molar refractivity (Wildman–Crippen MR) is 110 cm³/mol. The van der Waals surface area contributed by atoms with Crippen molar-refractivity contribution in [3.8, 4) is 0 Å². The molecule has 0 heterocycles. The highest BCUT2D eigenvalue weighted by Crippen LogP contribution is 2.08. The van der Waals surface area contributed by atoms with E-state index in [1.807, 2.05) is 0 Å². The van der Waals surface area contributed by atoms with Crippen molar-refractivity contribution in [2.45, 2.75) is 90.9 Å². The molecule has 0 saturated heterocycles. The first-order chi connectivity index (χ1) is 12.9. The van der Waals surface area contributed by atoms with E-state index < -0.39 is 0 Å². The van der Waals surface area contributed by atoms with Gasteiger partial charge in [0.1, 0.15) is 0 Å². The Bertz CT molecular complexity index is 212. The van der Waals surface area contributed by atoms with E-state index in [-0.39, 0.29) is 0 Å². The van der Waals surface area contributed by atoms with Crippen LogP contribution >= 0.6 is 0 Å². The summed E-state index contributed by atoms with van der Waals surface area (Å²) in [5.74, 6) is 0. The highest BCUT2D eigenvalue weighted by molar-refractivity contribution is 4.46. The number of hydrogen-bond acceptors (Lipinski definition) is 4. The molecule has 0 N–H and O–H groups in total. The molecule has 0 unspecified atom stereocenters. The smallest absolute Gasteiger partial charge is 0.0701 e. The molecule has 4 nitrogen and oxygen atoms in total. The maximum atomic E-state index is 5.59. The lowest BCUT2D eigenvalue weighted by molar-refractivity contribution is -0.00248. The van der Waals surface area contributed by atoms with Crippen molar-refractivity contribution in [3.05, 3.63) is 0 Å². The Morgan fingerprint density at radius 2 is 0.577 bits per heavy atom. The second kappa shape index (κ2) is 24.8. The van der Waals surface area contributed by atoms with Gasteiger partial charge >= 0.3 is 0 Å². The molecule has 0 amide bonds. The molecule has 0 aliphatic carbocycles. The van der Waals surface area contributed by atoms with Gasteiger partial charge in [-0.3, -0.25) is 0 Å². The van der Waals surface area contributed by atoms with Crippen molar-refractivity contribution in [2.24, 2.45) is 0 Å². The number of rotatable bonds is 23. The SMILES string of the molecule is CCCCCCCCCCOCCOCCOCCOCCCCCC. The Balaban J connectivity index is 2.95. The van der Waals surface area contributed by atoms with E-state index in [2.05, 4.69) is 13.8 Å². The average molecular weight is 375 g/mol. The van der Waals surface area contributed by atoms with E-state index in [0.717, 1.165) is 19.6 Å². The maximum absolute atomic E-state index is 5.59. The van der Waals surface area contributed by atoms with Crippen LogP contribution in [0, 0.1) is 0 Å². The van der Waals surface area contributed by atoms with Crippen LogP contribution < -0.4 is 0 Å². The summed E-state index contributed by atoms with van der Waals surface area (Å²) in [6, 6.07) is 0. The quantitative estimate of drug-likeness (QED) is 0.213. The predicted octanol–water partition coefficient (Wildman–Crippen LogP) is 5.77. The molecule has 0 fully saturated rings. The van der Waals surface area contributed by atoms with Crippen molar-refractivity contribution in [1.29, 1.82) is 0 Å². The molecule has 0 spiro atoms. The first-order valence-corrected chi connectivity index (χ1v) is 11.2. The molecule has 0 aliphatic heterocycles. The normalized spacial score (nSPS) is 11.3. The minimum absolute atomic E-state index is 0.636. The van der Waals surface area contributed by atoms with Crippen LogP contribution in [0.25, 0.3) is 0 Å². The Hall–Kier alpha value is -0.160. The molecule has 26 heavy (non-hydrogen) atoms. The summed E-state index contributed by atoms with van der Waals surface area (Å²) in [5, 5.41) is 0. The second-order valence-electron chi connectivity index (χ2n) is 6.99. The first-order valence-electron chi connectivity index (χ1n) is 11.2. The lowest BCUT2D eigenvalue weighted by Crippen LogP contribution is -2.12. The zero-order valence-electron chi connectivity index (χ0n) is 17.8. The van der Waals surface area contributed by atoms with Gasteiger partial charge < -0.3 is 18.9 Å². The minimum Gasteiger partial charge on any atom is -0.379 e. The van der Waals surface area contributed by atoms with Gasteiger partial charge in [-0.1, -0.05) is 78.1 Å². The molecule has 4 heteroatoms. The monoisotopic (exact) mass is 374 g/mol. The van der Waals surface area contributed by atoms with Gasteiger partial charge in [-0.05, 0) is 12.8 Å². The van der Waals surface area contributed by atoms with Crippen molar-refractivity contribution in [1.82, 2.24) is 0 Å². The van der Waals surface area contributed by atoms with Gasteiger partial charge in [-0.15, -0.1) is 0 Å². The maximum Gasteiger partial charge on any atom is 0.0701 e. The molecule has 0 rings (SSSR count). The first kappa shape index (κ1) is 25.8. The van der Waals surface area contributed by atoms with Gasteiger partial charge in [-0.2, -0.15) is 0 Å². The average Bonchev–Trinajstić information content (AvgIpc) is 2.66. The van der Waals surface area contributed by atoms with Crippen LogP contribution in [0.5, 0.6) is 0 Å². The van der Waals surface area contributed by atoms with Crippen LogP contribution in [0.1, 0.15) is 90.9 Å². The van der Waals surface area contributed by atoms with Crippen LogP contribution in [0.15, 0.2) is 0 Å². The largest absolute Gasteiger partial charge is 0.379 e. The van der Waals surface area contributed by atoms with E-state index in [0.29, 0.717) is 39.6 Å². The number of hydrogen-bond donors (Lipinski definition) is 0. The van der Waals surface area contributed by atoms with Gasteiger partial charge in [0.15, 0.2) is 0 Å². The third-order valence-corrected chi connectivity index (χ3v) is 4.40. The van der Waals surface area contributed by atoms with Crippen LogP contribution in [-0.4, -0.2) is 52.9 Å². The summed E-state index contributed by atoms with van der Waals surface area (Å²) in [5.41, 5.74) is 0. The van der Waals surface area contributed by atoms with Gasteiger partial charge in [0.2, 0.25) is 0 Å². The van der Waals surface area contributed by atoms with Crippen molar-refractivity contribution >= 4 is 0 Å². The Kier molecular flexibility index (Phi) is 24.7. The summed E-state index contributed by atoms with van der Waals surface area (Å²) in [6.45, 7) is 10.2. The summed E-state index contributed by atoms with van der Waals surface area (Å²) >= 11 is 0. The molecule has 0 atom stereocenters. The van der Waals surface area contributed by atoms with E-state index in [1.165, 1.54) is 70.6 Å². The second-order valence-corrected chi connectivity index (χ2v) is 6.99. The molecular weight excluding hydrogens is 328 g/mol. The fraction of sp³-hybridized carbons (Fsp3) is 1.00. The molecule has 0 bridgehead atoms. The fourth-order valence-corrected chi connectivity index (χ4v) is 2.73. The zero-order valence-corrected chi connectivity index (χ0v) is 17.8. The number of unbranched alkanes of at least 4 members (excludes halogenated alkanes) is 10. The van der Waals surface area contributed by atoms with Gasteiger partial charge in [0.05, 0.1) is 39.6 Å². The van der Waals surface area contributed by atoms with E-state index in [4.69, 9.17) is 18.9 Å². The molecule has 0 radical (unpaired) electrons. The third-order valence-electron chi connectivity index (χ3n) is 4.40. The molecule has 0 aromatic carbocycles. The molecule has 158 valence electrons. The summed E-state index contributed by atoms with van der Waals surface area (Å²) in [4.78, 5) is 0. The lowest BCUT2D eigenvalue weighted by Gasteiger charge is -2.07. The zero-order chi connectivity index (χ0) is 19.0. The van der Waals surface area contributed by atoms with Crippen LogP contribution in [0.2, 0.25) is 0 Å². The molecule has 0 saturated carbocycles. The van der Waals surface area contributed by atoms with E-state index in [1.54, 1.807) is 0 Å². The molecule has 0 aromatic rings. The topological polar surface area (TPSA) is 36.9 Å². The van der Waals surface area contributed by atoms with Crippen molar-refractivity contribution < 1.29 is 18.9 Å². The van der Waals surface area contributed by atoms with Gasteiger partial charge in [-0.25, -0.2) is 0 Å². The van der Waals surface area contributed by atoms with Gasteiger partial charge in [0, 0.05) is 13.2 Å². The Morgan fingerprint density at radius 1 is 0.308 bits per heavy atom. The van der Waals surface area contributed by atoms with E-state index in [9.17, 15) is 0 Å². The van der Waals surface area contributed by atoms with Gasteiger partial charge in [0.25, 0.3) is 0 Å². The number of ether oxygens (including phenoxy) is 4. The van der Waals surface area contributed by atoms with Crippen LogP contribution in [0.3, 0.4) is 0 Å². The highest BCUT2D eigenvalue weighted by Gasteiger charge is 1.94. The fourth-order valence-electron chi connectivity index (χ4n) is 2.73. The highest BCUT2D eigenvalue weighted by atomic mass is 16.6. The molecular formula is C22H46O4. The molecule has 0 aliphatic rings. The van der Waals surface area contributed by atoms with Crippen LogP contribution in [0.4, 0.5) is 0 Å². The Labute approximate surface area is 163 Å². The minimum atomic E-state index is 0.636.